The van der Waals surface area contributed by atoms with Crippen LogP contribution in [0.15, 0.2) is 53.6 Å². The molecule has 152 valence electrons. The molecule has 9 nitrogen and oxygen atoms in total. The van der Waals surface area contributed by atoms with Gasteiger partial charge in [0.05, 0.1) is 13.3 Å². The summed E-state index contributed by atoms with van der Waals surface area (Å²) < 4.78 is 10.6. The van der Waals surface area contributed by atoms with Crippen LogP contribution in [0.3, 0.4) is 0 Å². The van der Waals surface area contributed by atoms with E-state index in [0.717, 1.165) is 0 Å². The van der Waals surface area contributed by atoms with E-state index in [0.29, 0.717) is 29.3 Å². The smallest absolute Gasteiger partial charge is 0.329 e. The van der Waals surface area contributed by atoms with Crippen molar-refractivity contribution in [3.63, 3.8) is 0 Å². The molecule has 0 heterocycles. The minimum absolute atomic E-state index is 0.220. The van der Waals surface area contributed by atoms with Crippen LogP contribution in [0.4, 0.5) is 5.69 Å². The number of rotatable bonds is 8. The molecule has 0 radical (unpaired) electrons. The van der Waals surface area contributed by atoms with Gasteiger partial charge in [-0.2, -0.15) is 5.10 Å². The predicted octanol–water partition coefficient (Wildman–Crippen LogP) is 1.30. The maximum absolute atomic E-state index is 12.1. The summed E-state index contributed by atoms with van der Waals surface area (Å²) in [6.45, 7) is 1.82. The fraction of sp³-hybridized carbons (Fsp3) is 0.200. The van der Waals surface area contributed by atoms with E-state index in [1.807, 2.05) is 0 Å². The molecule has 0 saturated heterocycles. The number of anilines is 1. The summed E-state index contributed by atoms with van der Waals surface area (Å²) in [5, 5.41) is 8.81. The summed E-state index contributed by atoms with van der Waals surface area (Å²) >= 11 is 0. The van der Waals surface area contributed by atoms with Gasteiger partial charge in [0, 0.05) is 17.8 Å². The summed E-state index contributed by atoms with van der Waals surface area (Å²) in [7, 11) is 1.56. The van der Waals surface area contributed by atoms with Crippen LogP contribution in [0.2, 0.25) is 0 Å². The summed E-state index contributed by atoms with van der Waals surface area (Å²) in [5.41, 5.74) is 3.27. The van der Waals surface area contributed by atoms with Gasteiger partial charge in [0.2, 0.25) is 0 Å². The second kappa shape index (κ2) is 11.1. The van der Waals surface area contributed by atoms with Crippen LogP contribution in [-0.4, -0.2) is 44.2 Å². The lowest BCUT2D eigenvalue weighted by Crippen LogP contribution is -2.37. The molecule has 9 heteroatoms. The molecular formula is C20H22N4O5. The fourth-order valence-corrected chi connectivity index (χ4v) is 2.19. The number of likely N-dealkylation sites (N-methyl/N-ethyl adjacent to an activating group) is 1. The van der Waals surface area contributed by atoms with E-state index in [1.165, 1.54) is 6.21 Å². The topological polar surface area (TPSA) is 118 Å². The molecule has 0 aliphatic carbocycles. The maximum Gasteiger partial charge on any atom is 0.329 e. The Morgan fingerprint density at radius 1 is 1.03 bits per heavy atom. The van der Waals surface area contributed by atoms with Crippen LogP contribution < -0.4 is 25.5 Å². The minimum Gasteiger partial charge on any atom is -0.497 e. The molecule has 0 bridgehead atoms. The second-order valence-corrected chi connectivity index (χ2v) is 5.66. The van der Waals surface area contributed by atoms with Crippen LogP contribution in [0, 0.1) is 0 Å². The van der Waals surface area contributed by atoms with E-state index in [-0.39, 0.29) is 12.5 Å². The lowest BCUT2D eigenvalue weighted by Gasteiger charge is -2.10. The van der Waals surface area contributed by atoms with Gasteiger partial charge in [-0.05, 0) is 43.3 Å². The van der Waals surface area contributed by atoms with Crippen LogP contribution in [0.25, 0.3) is 0 Å². The van der Waals surface area contributed by atoms with Crippen LogP contribution in [-0.2, 0) is 14.4 Å². The van der Waals surface area contributed by atoms with E-state index in [4.69, 9.17) is 9.47 Å². The number of hydrazone groups is 1. The lowest BCUT2D eigenvalue weighted by atomic mass is 10.2. The van der Waals surface area contributed by atoms with Crippen molar-refractivity contribution in [1.82, 2.24) is 10.7 Å². The van der Waals surface area contributed by atoms with Crippen molar-refractivity contribution < 1.29 is 23.9 Å². The fourth-order valence-electron chi connectivity index (χ4n) is 2.19. The quantitative estimate of drug-likeness (QED) is 0.352. The van der Waals surface area contributed by atoms with Crippen molar-refractivity contribution in [3.05, 3.63) is 54.1 Å². The van der Waals surface area contributed by atoms with Gasteiger partial charge < -0.3 is 20.1 Å². The van der Waals surface area contributed by atoms with Crippen molar-refractivity contribution in [2.75, 3.05) is 25.6 Å². The van der Waals surface area contributed by atoms with Gasteiger partial charge in [-0.3, -0.25) is 14.4 Å². The number of para-hydroxylation sites is 1. The number of ether oxygens (including phenoxy) is 2. The first-order chi connectivity index (χ1) is 14.0. The Hall–Kier alpha value is -3.88. The predicted molar refractivity (Wildman–Crippen MR) is 108 cm³/mol. The highest BCUT2D eigenvalue weighted by Gasteiger charge is 2.11. The van der Waals surface area contributed by atoms with Crippen molar-refractivity contribution in [3.8, 4) is 11.5 Å². The molecule has 2 aromatic rings. The number of carbonyl (C=O) groups excluding carboxylic acids is 3. The van der Waals surface area contributed by atoms with E-state index < -0.39 is 11.8 Å². The molecule has 0 unspecified atom stereocenters. The van der Waals surface area contributed by atoms with Crippen molar-refractivity contribution in [2.45, 2.75) is 6.92 Å². The molecule has 2 rings (SSSR count). The van der Waals surface area contributed by atoms with Crippen molar-refractivity contribution in [1.29, 1.82) is 0 Å². The summed E-state index contributed by atoms with van der Waals surface area (Å²) in [6, 6.07) is 13.7. The third-order valence-corrected chi connectivity index (χ3v) is 3.56. The summed E-state index contributed by atoms with van der Waals surface area (Å²) in [6.07, 6.45) is 1.33. The van der Waals surface area contributed by atoms with Gasteiger partial charge in [-0.1, -0.05) is 12.1 Å². The molecule has 3 amide bonds. The van der Waals surface area contributed by atoms with Crippen LogP contribution >= 0.6 is 0 Å². The first-order valence-corrected chi connectivity index (χ1v) is 8.80. The van der Waals surface area contributed by atoms with Gasteiger partial charge in [0.25, 0.3) is 5.91 Å². The number of benzene rings is 2. The number of carbonyl (C=O) groups is 3. The molecule has 3 N–H and O–H groups in total. The molecule has 0 aliphatic heterocycles. The molecule has 0 aliphatic rings. The SMILES string of the molecule is CCNC(=O)C(=O)N/N=C\c1ccccc1OCC(=O)Nc1ccc(OC)cc1. The minimum atomic E-state index is -0.875. The number of nitrogens with zero attached hydrogens (tertiary/aromatic N) is 1. The summed E-state index contributed by atoms with van der Waals surface area (Å²) in [5.74, 6) is -0.906. The molecule has 29 heavy (non-hydrogen) atoms. The zero-order valence-corrected chi connectivity index (χ0v) is 16.1. The third kappa shape index (κ3) is 6.98. The lowest BCUT2D eigenvalue weighted by molar-refractivity contribution is -0.139. The van der Waals surface area contributed by atoms with Crippen LogP contribution in [0.1, 0.15) is 12.5 Å². The van der Waals surface area contributed by atoms with Crippen LogP contribution in [0.5, 0.6) is 11.5 Å². The molecule has 0 saturated carbocycles. The maximum atomic E-state index is 12.1. The Morgan fingerprint density at radius 3 is 2.45 bits per heavy atom. The van der Waals surface area contributed by atoms with Gasteiger partial charge in [0.1, 0.15) is 11.5 Å². The van der Waals surface area contributed by atoms with E-state index in [9.17, 15) is 14.4 Å². The number of nitrogens with one attached hydrogen (secondary N) is 3. The number of amides is 3. The molecule has 0 aromatic heterocycles. The largest absolute Gasteiger partial charge is 0.497 e. The second-order valence-electron chi connectivity index (χ2n) is 5.66. The molecule has 0 fully saturated rings. The standard InChI is InChI=1S/C20H22N4O5/c1-3-21-19(26)20(27)24-22-12-14-6-4-5-7-17(14)29-13-18(25)23-15-8-10-16(28-2)11-9-15/h4-12H,3,13H2,1-2H3,(H,21,26)(H,23,25)(H,24,27)/b22-12-. The van der Waals surface area contributed by atoms with Crippen molar-refractivity contribution >= 4 is 29.6 Å². The van der Waals surface area contributed by atoms with Crippen molar-refractivity contribution in [2.24, 2.45) is 5.10 Å². The normalized spacial score (nSPS) is 10.3. The van der Waals surface area contributed by atoms with Gasteiger partial charge in [0.15, 0.2) is 6.61 Å². The highest BCUT2D eigenvalue weighted by Crippen LogP contribution is 2.17. The van der Waals surface area contributed by atoms with Gasteiger partial charge in [-0.25, -0.2) is 5.43 Å². The number of hydrogen-bond acceptors (Lipinski definition) is 6. The Morgan fingerprint density at radius 2 is 1.76 bits per heavy atom. The highest BCUT2D eigenvalue weighted by molar-refractivity contribution is 6.35. The number of hydrogen-bond donors (Lipinski definition) is 3. The highest BCUT2D eigenvalue weighted by atomic mass is 16.5. The molecular weight excluding hydrogens is 376 g/mol. The Kier molecular flexibility index (Phi) is 8.18. The Labute approximate surface area is 168 Å². The molecule has 0 spiro atoms. The molecule has 2 aromatic carbocycles. The Bertz CT molecular complexity index is 881. The number of methoxy groups -OCH3 is 1. The average Bonchev–Trinajstić information content (AvgIpc) is 2.73. The summed E-state index contributed by atoms with van der Waals surface area (Å²) in [4.78, 5) is 34.9. The van der Waals surface area contributed by atoms with E-state index in [2.05, 4.69) is 21.2 Å². The molecule has 0 atom stereocenters. The zero-order chi connectivity index (χ0) is 21.1. The van der Waals surface area contributed by atoms with Gasteiger partial charge in [-0.15, -0.1) is 0 Å². The first-order valence-electron chi connectivity index (χ1n) is 8.80. The van der Waals surface area contributed by atoms with Gasteiger partial charge >= 0.3 is 11.8 Å². The third-order valence-electron chi connectivity index (χ3n) is 3.56. The van der Waals surface area contributed by atoms with E-state index >= 15 is 0 Å². The van der Waals surface area contributed by atoms with E-state index in [1.54, 1.807) is 62.6 Å². The zero-order valence-electron chi connectivity index (χ0n) is 16.1. The monoisotopic (exact) mass is 398 g/mol. The average molecular weight is 398 g/mol. The Balaban J connectivity index is 1.90. The first kappa shape index (κ1) is 21.4.